The highest BCUT2D eigenvalue weighted by Crippen LogP contribution is 2.29. The van der Waals surface area contributed by atoms with Crippen molar-refractivity contribution in [1.82, 2.24) is 0 Å². The zero-order valence-corrected chi connectivity index (χ0v) is 10.1. The molecule has 0 fully saturated rings. The van der Waals surface area contributed by atoms with E-state index in [1.54, 1.807) is 0 Å². The predicted molar refractivity (Wildman–Crippen MR) is 59.5 cm³/mol. The quantitative estimate of drug-likeness (QED) is 0.852. The van der Waals surface area contributed by atoms with Crippen LogP contribution < -0.4 is 5.73 Å². The van der Waals surface area contributed by atoms with Crippen LogP contribution in [0.25, 0.3) is 0 Å². The van der Waals surface area contributed by atoms with Crippen LogP contribution in [0.5, 0.6) is 0 Å². The lowest BCUT2D eigenvalue weighted by Gasteiger charge is -2.24. The van der Waals surface area contributed by atoms with Crippen molar-refractivity contribution >= 4 is 17.6 Å². The molecule has 17 heavy (non-hydrogen) atoms. The number of hydrogen-bond donors (Lipinski definition) is 1. The van der Waals surface area contributed by atoms with Gasteiger partial charge in [-0.15, -0.1) is 0 Å². The van der Waals surface area contributed by atoms with Crippen molar-refractivity contribution in [3.63, 3.8) is 0 Å². The van der Waals surface area contributed by atoms with Crippen LogP contribution in [-0.4, -0.2) is 13.1 Å². The highest BCUT2D eigenvalue weighted by molar-refractivity contribution is 6.30. The normalized spacial score (nSPS) is 14.2. The fourth-order valence-electron chi connectivity index (χ4n) is 1.55. The summed E-state index contributed by atoms with van der Waals surface area (Å²) in [5, 5.41) is -0.0716. The summed E-state index contributed by atoms with van der Waals surface area (Å²) in [5.74, 6) is -2.42. The van der Waals surface area contributed by atoms with Crippen molar-refractivity contribution in [2.75, 3.05) is 7.11 Å². The maximum absolute atomic E-state index is 13.6. The van der Waals surface area contributed by atoms with Crippen molar-refractivity contribution in [2.45, 2.75) is 18.9 Å². The molecule has 0 spiro atoms. The van der Waals surface area contributed by atoms with Gasteiger partial charge in [0.05, 0.1) is 19.1 Å². The number of hydrogen-bond acceptors (Lipinski definition) is 3. The summed E-state index contributed by atoms with van der Waals surface area (Å²) in [6, 6.07) is 1.89. The van der Waals surface area contributed by atoms with Gasteiger partial charge in [-0.2, -0.15) is 0 Å². The topological polar surface area (TPSA) is 52.3 Å². The monoisotopic (exact) mass is 263 g/mol. The first-order valence-corrected chi connectivity index (χ1v) is 5.16. The second-order valence-corrected chi connectivity index (χ2v) is 4.35. The Balaban J connectivity index is 3.18. The van der Waals surface area contributed by atoms with Gasteiger partial charge in [0.2, 0.25) is 0 Å². The summed E-state index contributed by atoms with van der Waals surface area (Å²) >= 11 is 5.49. The fraction of sp³-hybridized carbons (Fsp3) is 0.364. The summed E-state index contributed by atoms with van der Waals surface area (Å²) in [5.41, 5.74) is 3.87. The third kappa shape index (κ3) is 3.14. The Labute approximate surface area is 103 Å². The van der Waals surface area contributed by atoms with E-state index in [1.165, 1.54) is 14.0 Å². The average Bonchev–Trinajstić information content (AvgIpc) is 2.14. The molecule has 0 aliphatic heterocycles. The number of esters is 1. The number of nitrogens with two attached hydrogens (primary N) is 1. The molecule has 1 rings (SSSR count). The number of benzene rings is 1. The largest absolute Gasteiger partial charge is 0.469 e. The van der Waals surface area contributed by atoms with Gasteiger partial charge in [-0.25, -0.2) is 8.78 Å². The highest BCUT2D eigenvalue weighted by Gasteiger charge is 2.31. The van der Waals surface area contributed by atoms with Gasteiger partial charge in [-0.1, -0.05) is 11.6 Å². The molecule has 0 saturated carbocycles. The predicted octanol–water partition coefficient (Wildman–Crippen LogP) is 2.36. The molecular weight excluding hydrogens is 252 g/mol. The first-order chi connectivity index (χ1) is 7.77. The lowest BCUT2D eigenvalue weighted by molar-refractivity contribution is -0.142. The van der Waals surface area contributed by atoms with Gasteiger partial charge in [0.25, 0.3) is 0 Å². The highest BCUT2D eigenvalue weighted by atomic mass is 35.5. The zero-order chi connectivity index (χ0) is 13.2. The molecule has 0 aromatic heterocycles. The van der Waals surface area contributed by atoms with Crippen LogP contribution in [-0.2, 0) is 15.1 Å². The molecule has 0 aliphatic carbocycles. The van der Waals surface area contributed by atoms with Crippen molar-refractivity contribution in [3.8, 4) is 0 Å². The first kappa shape index (κ1) is 13.9. The van der Waals surface area contributed by atoms with E-state index in [4.69, 9.17) is 17.3 Å². The SMILES string of the molecule is COC(=O)C[C@@](C)(N)c1c(F)cc(Cl)cc1F. The fourth-order valence-corrected chi connectivity index (χ4v) is 1.74. The summed E-state index contributed by atoms with van der Waals surface area (Å²) in [6.07, 6.45) is -0.334. The van der Waals surface area contributed by atoms with E-state index in [-0.39, 0.29) is 17.0 Å². The summed E-state index contributed by atoms with van der Waals surface area (Å²) in [7, 11) is 1.17. The standard InChI is InChI=1S/C11H12ClF2NO2/c1-11(15,5-9(16)17-2)10-7(13)3-6(12)4-8(10)14/h3-4H,5,15H2,1-2H3/t11-/m1/s1. The molecule has 0 saturated heterocycles. The lowest BCUT2D eigenvalue weighted by Crippen LogP contribution is -2.38. The molecule has 0 amide bonds. The van der Waals surface area contributed by atoms with Crippen molar-refractivity contribution < 1.29 is 18.3 Å². The smallest absolute Gasteiger partial charge is 0.307 e. The van der Waals surface area contributed by atoms with E-state index >= 15 is 0 Å². The Hall–Kier alpha value is -1.20. The lowest BCUT2D eigenvalue weighted by atomic mass is 9.89. The van der Waals surface area contributed by atoms with Crippen molar-refractivity contribution in [1.29, 1.82) is 0 Å². The van der Waals surface area contributed by atoms with Crippen LogP contribution in [0.2, 0.25) is 5.02 Å². The van der Waals surface area contributed by atoms with Gasteiger partial charge < -0.3 is 10.5 Å². The molecule has 1 aromatic carbocycles. The number of halogens is 3. The van der Waals surface area contributed by atoms with Crippen LogP contribution in [0.15, 0.2) is 12.1 Å². The van der Waals surface area contributed by atoms with Crippen LogP contribution in [0.4, 0.5) is 8.78 Å². The van der Waals surface area contributed by atoms with E-state index in [2.05, 4.69) is 4.74 Å². The van der Waals surface area contributed by atoms with Crippen LogP contribution in [0.1, 0.15) is 18.9 Å². The second-order valence-electron chi connectivity index (χ2n) is 3.91. The number of rotatable bonds is 3. The molecule has 0 heterocycles. The zero-order valence-electron chi connectivity index (χ0n) is 9.39. The number of carbonyl (C=O) groups is 1. The van der Waals surface area contributed by atoms with Gasteiger partial charge in [-0.3, -0.25) is 4.79 Å². The van der Waals surface area contributed by atoms with Crippen LogP contribution in [0, 0.1) is 11.6 Å². The number of ether oxygens (including phenoxy) is 1. The Morgan fingerprint density at radius 1 is 1.47 bits per heavy atom. The van der Waals surface area contributed by atoms with Crippen LogP contribution >= 0.6 is 11.6 Å². The van der Waals surface area contributed by atoms with Gasteiger partial charge >= 0.3 is 5.97 Å². The molecule has 2 N–H and O–H groups in total. The maximum Gasteiger partial charge on any atom is 0.307 e. The molecule has 1 aromatic rings. The number of carbonyl (C=O) groups excluding carboxylic acids is 1. The minimum atomic E-state index is -1.49. The van der Waals surface area contributed by atoms with Crippen LogP contribution in [0.3, 0.4) is 0 Å². The van der Waals surface area contributed by atoms with Crippen molar-refractivity contribution in [2.24, 2.45) is 5.73 Å². The molecule has 3 nitrogen and oxygen atoms in total. The summed E-state index contributed by atoms with van der Waals surface area (Å²) in [4.78, 5) is 11.1. The van der Waals surface area contributed by atoms with Gasteiger partial charge in [-0.05, 0) is 19.1 Å². The number of methoxy groups -OCH3 is 1. The Morgan fingerprint density at radius 3 is 2.35 bits per heavy atom. The Bertz CT molecular complexity index is 426. The van der Waals surface area contributed by atoms with Crippen molar-refractivity contribution in [3.05, 3.63) is 34.4 Å². The minimum Gasteiger partial charge on any atom is -0.469 e. The van der Waals surface area contributed by atoms with Gasteiger partial charge in [0.15, 0.2) is 0 Å². The molecule has 0 aliphatic rings. The Kier molecular flexibility index (Phi) is 4.06. The average molecular weight is 264 g/mol. The van der Waals surface area contributed by atoms with E-state index in [9.17, 15) is 13.6 Å². The first-order valence-electron chi connectivity index (χ1n) is 4.78. The van der Waals surface area contributed by atoms with E-state index in [0.29, 0.717) is 0 Å². The van der Waals surface area contributed by atoms with E-state index < -0.39 is 23.1 Å². The second kappa shape index (κ2) is 4.98. The van der Waals surface area contributed by atoms with Gasteiger partial charge in [0, 0.05) is 10.6 Å². The molecular formula is C11H12ClF2NO2. The summed E-state index contributed by atoms with van der Waals surface area (Å²) < 4.78 is 31.6. The maximum atomic E-state index is 13.6. The summed E-state index contributed by atoms with van der Waals surface area (Å²) in [6.45, 7) is 1.35. The molecule has 6 heteroatoms. The van der Waals surface area contributed by atoms with Gasteiger partial charge in [0.1, 0.15) is 11.6 Å². The molecule has 0 unspecified atom stereocenters. The molecule has 0 radical (unpaired) electrons. The minimum absolute atomic E-state index is 0.0716. The third-order valence-electron chi connectivity index (χ3n) is 2.32. The van der Waals surface area contributed by atoms with E-state index in [0.717, 1.165) is 12.1 Å². The molecule has 0 bridgehead atoms. The molecule has 94 valence electrons. The van der Waals surface area contributed by atoms with E-state index in [1.807, 2.05) is 0 Å². The molecule has 1 atom stereocenters. The third-order valence-corrected chi connectivity index (χ3v) is 2.54. The Morgan fingerprint density at radius 2 is 1.94 bits per heavy atom.